The first-order valence-electron chi connectivity index (χ1n) is 4.56. The van der Waals surface area contributed by atoms with Crippen molar-refractivity contribution in [2.45, 2.75) is 0 Å². The van der Waals surface area contributed by atoms with Crippen LogP contribution in [-0.4, -0.2) is 9.97 Å². The molecule has 0 fully saturated rings. The average molecular weight is 201 g/mol. The monoisotopic (exact) mass is 201 g/mol. The number of nitrogens with one attached hydrogen (secondary N) is 1. The molecule has 2 heterocycles. The number of aromatic nitrogens is 2. The van der Waals surface area contributed by atoms with Crippen LogP contribution in [-0.2, 0) is 0 Å². The van der Waals surface area contributed by atoms with Gasteiger partial charge in [0.25, 0.3) is 0 Å². The zero-order valence-electron chi connectivity index (χ0n) is 7.79. The van der Waals surface area contributed by atoms with Crippen molar-refractivity contribution in [3.8, 4) is 0 Å². The predicted molar refractivity (Wildman–Crippen MR) is 58.0 cm³/mol. The van der Waals surface area contributed by atoms with E-state index in [0.717, 1.165) is 21.8 Å². The van der Waals surface area contributed by atoms with Gasteiger partial charge in [-0.15, -0.1) is 0 Å². The Morgan fingerprint density at radius 1 is 1.13 bits per heavy atom. The summed E-state index contributed by atoms with van der Waals surface area (Å²) in [5.74, 6) is 0.187. The maximum Gasteiger partial charge on any atom is 0.124 e. The van der Waals surface area contributed by atoms with Crippen molar-refractivity contribution in [1.29, 1.82) is 0 Å². The second-order valence-electron chi connectivity index (χ2n) is 3.47. The third-order valence-electron chi connectivity index (χ3n) is 2.47. The number of nitrogen functional groups attached to an aromatic ring is 1. The number of fused-ring (bicyclic) bond motifs is 3. The largest absolute Gasteiger partial charge is 0.384 e. The smallest absolute Gasteiger partial charge is 0.124 e. The molecule has 0 saturated heterocycles. The van der Waals surface area contributed by atoms with Crippen LogP contribution in [0.25, 0.3) is 21.8 Å². The van der Waals surface area contributed by atoms with E-state index in [9.17, 15) is 4.39 Å². The minimum absolute atomic E-state index is 0.251. The minimum Gasteiger partial charge on any atom is -0.384 e. The normalized spacial score (nSPS) is 11.3. The Bertz CT molecular complexity index is 601. The second kappa shape index (κ2) is 2.70. The van der Waals surface area contributed by atoms with Crippen molar-refractivity contribution >= 4 is 27.6 Å². The summed E-state index contributed by atoms with van der Waals surface area (Å²) in [6, 6.07) is 6.37. The number of nitrogens with two attached hydrogens (primary N) is 1. The maximum atomic E-state index is 13.1. The number of rotatable bonds is 0. The molecule has 0 amide bonds. The summed E-state index contributed by atoms with van der Waals surface area (Å²) >= 11 is 0. The van der Waals surface area contributed by atoms with E-state index in [2.05, 4.69) is 9.97 Å². The van der Waals surface area contributed by atoms with Crippen LogP contribution < -0.4 is 5.73 Å². The van der Waals surface area contributed by atoms with Gasteiger partial charge in [0.1, 0.15) is 11.6 Å². The van der Waals surface area contributed by atoms with Gasteiger partial charge in [-0.25, -0.2) is 9.37 Å². The summed E-state index contributed by atoms with van der Waals surface area (Å²) < 4.78 is 13.1. The SMILES string of the molecule is Nc1cc2c(cn1)[nH]c1ccc(F)cc12. The summed E-state index contributed by atoms with van der Waals surface area (Å²) in [6.07, 6.45) is 1.66. The molecule has 0 unspecified atom stereocenters. The number of aromatic amines is 1. The molecule has 2 aromatic heterocycles. The van der Waals surface area contributed by atoms with E-state index in [0.29, 0.717) is 5.82 Å². The van der Waals surface area contributed by atoms with E-state index < -0.39 is 0 Å². The van der Waals surface area contributed by atoms with Crippen molar-refractivity contribution in [3.63, 3.8) is 0 Å². The Morgan fingerprint density at radius 2 is 1.93 bits per heavy atom. The number of anilines is 1. The summed E-state index contributed by atoms with van der Waals surface area (Å²) in [5.41, 5.74) is 7.35. The Kier molecular flexibility index (Phi) is 1.48. The molecule has 0 radical (unpaired) electrons. The highest BCUT2D eigenvalue weighted by molar-refractivity contribution is 6.07. The van der Waals surface area contributed by atoms with Crippen LogP contribution in [0.5, 0.6) is 0 Å². The summed E-state index contributed by atoms with van der Waals surface area (Å²) in [4.78, 5) is 7.13. The number of pyridine rings is 1. The van der Waals surface area contributed by atoms with Gasteiger partial charge in [-0.3, -0.25) is 0 Å². The molecule has 3 rings (SSSR count). The van der Waals surface area contributed by atoms with Gasteiger partial charge in [0.15, 0.2) is 0 Å². The Labute approximate surface area is 84.7 Å². The third kappa shape index (κ3) is 1.15. The molecule has 0 atom stereocenters. The molecule has 1 aromatic carbocycles. The molecule has 0 aliphatic carbocycles. The Balaban J connectivity index is 2.55. The summed E-state index contributed by atoms with van der Waals surface area (Å²) in [6.45, 7) is 0. The number of H-pyrrole nitrogens is 1. The van der Waals surface area contributed by atoms with Crippen molar-refractivity contribution < 1.29 is 4.39 Å². The number of nitrogens with zero attached hydrogens (tertiary/aromatic N) is 1. The van der Waals surface area contributed by atoms with Gasteiger partial charge in [-0.05, 0) is 24.3 Å². The van der Waals surface area contributed by atoms with Crippen LogP contribution in [0.15, 0.2) is 30.5 Å². The van der Waals surface area contributed by atoms with Crippen LogP contribution in [0.1, 0.15) is 0 Å². The highest BCUT2D eigenvalue weighted by Gasteiger charge is 2.05. The van der Waals surface area contributed by atoms with Crippen molar-refractivity contribution in [1.82, 2.24) is 9.97 Å². The fraction of sp³-hybridized carbons (Fsp3) is 0. The molecular weight excluding hydrogens is 193 g/mol. The quantitative estimate of drug-likeness (QED) is 0.587. The van der Waals surface area contributed by atoms with Gasteiger partial charge in [0, 0.05) is 16.3 Å². The lowest BCUT2D eigenvalue weighted by molar-refractivity contribution is 0.630. The van der Waals surface area contributed by atoms with Crippen LogP contribution >= 0.6 is 0 Å². The number of hydrogen-bond acceptors (Lipinski definition) is 2. The highest BCUT2D eigenvalue weighted by Crippen LogP contribution is 2.26. The average Bonchev–Trinajstić information content (AvgIpc) is 2.56. The van der Waals surface area contributed by atoms with Gasteiger partial charge in [-0.2, -0.15) is 0 Å². The Morgan fingerprint density at radius 3 is 2.80 bits per heavy atom. The molecule has 0 saturated carbocycles. The molecule has 0 bridgehead atoms. The molecule has 4 heteroatoms. The zero-order valence-corrected chi connectivity index (χ0v) is 7.79. The first kappa shape index (κ1) is 8.23. The van der Waals surface area contributed by atoms with Crippen LogP contribution in [0.4, 0.5) is 10.2 Å². The molecule has 0 aliphatic rings. The second-order valence-corrected chi connectivity index (χ2v) is 3.47. The fourth-order valence-electron chi connectivity index (χ4n) is 1.79. The van der Waals surface area contributed by atoms with E-state index in [-0.39, 0.29) is 5.82 Å². The Hall–Kier alpha value is -2.10. The first-order valence-corrected chi connectivity index (χ1v) is 4.56. The van der Waals surface area contributed by atoms with Crippen LogP contribution in [0.2, 0.25) is 0 Å². The van der Waals surface area contributed by atoms with Gasteiger partial charge >= 0.3 is 0 Å². The zero-order chi connectivity index (χ0) is 10.4. The molecule has 0 aliphatic heterocycles. The molecule has 74 valence electrons. The summed E-state index contributed by atoms with van der Waals surface area (Å²) in [5, 5.41) is 1.73. The lowest BCUT2D eigenvalue weighted by Crippen LogP contribution is -1.87. The van der Waals surface area contributed by atoms with E-state index in [1.807, 2.05) is 0 Å². The maximum absolute atomic E-state index is 13.1. The topological polar surface area (TPSA) is 54.7 Å². The van der Waals surface area contributed by atoms with Crippen LogP contribution in [0.3, 0.4) is 0 Å². The van der Waals surface area contributed by atoms with E-state index in [1.54, 1.807) is 18.3 Å². The predicted octanol–water partition coefficient (Wildman–Crippen LogP) is 2.44. The number of benzene rings is 1. The van der Waals surface area contributed by atoms with Crippen molar-refractivity contribution in [2.24, 2.45) is 0 Å². The van der Waals surface area contributed by atoms with E-state index in [1.165, 1.54) is 12.1 Å². The van der Waals surface area contributed by atoms with Crippen molar-refractivity contribution in [3.05, 3.63) is 36.3 Å². The lowest BCUT2D eigenvalue weighted by atomic mass is 10.2. The van der Waals surface area contributed by atoms with E-state index in [4.69, 9.17) is 5.73 Å². The number of halogens is 1. The molecular formula is C11H8FN3. The molecule has 3 aromatic rings. The standard InChI is InChI=1S/C11H8FN3/c12-6-1-2-9-7(3-6)8-4-11(13)14-5-10(8)15-9/h1-5,15H,(H2,13,14). The molecule has 15 heavy (non-hydrogen) atoms. The fourth-order valence-corrected chi connectivity index (χ4v) is 1.79. The van der Waals surface area contributed by atoms with Gasteiger partial charge in [0.2, 0.25) is 0 Å². The minimum atomic E-state index is -0.251. The lowest BCUT2D eigenvalue weighted by Gasteiger charge is -1.93. The molecule has 3 N–H and O–H groups in total. The number of hydrogen-bond donors (Lipinski definition) is 2. The van der Waals surface area contributed by atoms with Gasteiger partial charge < -0.3 is 10.7 Å². The van der Waals surface area contributed by atoms with Crippen LogP contribution in [0, 0.1) is 5.82 Å². The summed E-state index contributed by atoms with van der Waals surface area (Å²) in [7, 11) is 0. The van der Waals surface area contributed by atoms with Gasteiger partial charge in [-0.1, -0.05) is 0 Å². The third-order valence-corrected chi connectivity index (χ3v) is 2.47. The molecule has 0 spiro atoms. The highest BCUT2D eigenvalue weighted by atomic mass is 19.1. The van der Waals surface area contributed by atoms with Crippen molar-refractivity contribution in [2.75, 3.05) is 5.73 Å². The van der Waals surface area contributed by atoms with Gasteiger partial charge in [0.05, 0.1) is 11.7 Å². The van der Waals surface area contributed by atoms with E-state index >= 15 is 0 Å². The molecule has 3 nitrogen and oxygen atoms in total. The first-order chi connectivity index (χ1) is 7.24.